The van der Waals surface area contributed by atoms with E-state index in [9.17, 15) is 19.2 Å². The minimum Gasteiger partial charge on any atom is -0.494 e. The van der Waals surface area contributed by atoms with E-state index in [1.54, 1.807) is 31.2 Å². The molecule has 0 saturated heterocycles. The minimum atomic E-state index is -0.669. The number of methoxy groups -OCH3 is 1. The van der Waals surface area contributed by atoms with Crippen molar-refractivity contribution in [1.82, 2.24) is 5.32 Å². The summed E-state index contributed by atoms with van der Waals surface area (Å²) >= 11 is 1.14. The molecular formula is C25H24FN3O4S. The first kappa shape index (κ1) is 24.9. The highest BCUT2D eigenvalue weighted by Crippen LogP contribution is 2.41. The van der Waals surface area contributed by atoms with Crippen molar-refractivity contribution in [3.63, 3.8) is 0 Å². The fourth-order valence-electron chi connectivity index (χ4n) is 3.53. The number of allylic oxidation sites excluding steroid dienone is 2. The van der Waals surface area contributed by atoms with Crippen LogP contribution in [-0.4, -0.2) is 31.3 Å². The summed E-state index contributed by atoms with van der Waals surface area (Å²) in [6, 6.07) is 14.8. The molecule has 9 heteroatoms. The number of ether oxygens (including phenoxy) is 2. The van der Waals surface area contributed by atoms with E-state index in [0.717, 1.165) is 17.3 Å². The zero-order valence-corrected chi connectivity index (χ0v) is 19.8. The summed E-state index contributed by atoms with van der Waals surface area (Å²) in [7, 11) is 1.29. The lowest BCUT2D eigenvalue weighted by Gasteiger charge is -2.29. The van der Waals surface area contributed by atoms with Crippen LogP contribution >= 0.6 is 11.8 Å². The molecule has 2 aromatic carbocycles. The van der Waals surface area contributed by atoms with E-state index in [4.69, 9.17) is 9.47 Å². The molecule has 3 rings (SSSR count). The lowest BCUT2D eigenvalue weighted by atomic mass is 9.82. The Balaban J connectivity index is 1.88. The van der Waals surface area contributed by atoms with E-state index >= 15 is 0 Å². The van der Waals surface area contributed by atoms with Gasteiger partial charge in [0.1, 0.15) is 11.6 Å². The van der Waals surface area contributed by atoms with Crippen molar-refractivity contribution in [2.24, 2.45) is 0 Å². The smallest absolute Gasteiger partial charge is 0.336 e. The van der Waals surface area contributed by atoms with Crippen LogP contribution in [0.4, 0.5) is 10.1 Å². The van der Waals surface area contributed by atoms with E-state index in [0.29, 0.717) is 39.9 Å². The minimum absolute atomic E-state index is 0.00171. The molecule has 0 aliphatic carbocycles. The fourth-order valence-corrected chi connectivity index (χ4v) is 4.42. The number of nitrogens with zero attached hydrogens (tertiary/aromatic N) is 1. The summed E-state index contributed by atoms with van der Waals surface area (Å²) in [5.41, 5.74) is 2.34. The number of dihydropyridines is 1. The number of nitrogens with one attached hydrogen (secondary N) is 2. The lowest BCUT2D eigenvalue weighted by molar-refractivity contribution is -0.136. The number of hydrogen-bond donors (Lipinski definition) is 2. The van der Waals surface area contributed by atoms with Crippen LogP contribution in [0.1, 0.15) is 25.3 Å². The second-order valence-electron chi connectivity index (χ2n) is 7.29. The van der Waals surface area contributed by atoms with Crippen LogP contribution in [0.25, 0.3) is 0 Å². The first-order valence-corrected chi connectivity index (χ1v) is 11.5. The number of esters is 1. The van der Waals surface area contributed by atoms with Crippen molar-refractivity contribution in [1.29, 1.82) is 5.26 Å². The second-order valence-corrected chi connectivity index (χ2v) is 8.27. The Morgan fingerprint density at radius 1 is 1.18 bits per heavy atom. The summed E-state index contributed by atoms with van der Waals surface area (Å²) in [5.74, 6) is -1.25. The number of benzene rings is 2. The summed E-state index contributed by atoms with van der Waals surface area (Å²) < 4.78 is 23.6. The van der Waals surface area contributed by atoms with Gasteiger partial charge in [-0.1, -0.05) is 23.9 Å². The number of hydrogen-bond acceptors (Lipinski definition) is 7. The molecular weight excluding hydrogens is 457 g/mol. The zero-order chi connectivity index (χ0) is 24.7. The van der Waals surface area contributed by atoms with Gasteiger partial charge in [0, 0.05) is 11.4 Å². The maximum Gasteiger partial charge on any atom is 0.336 e. The Labute approximate surface area is 201 Å². The van der Waals surface area contributed by atoms with E-state index in [2.05, 4.69) is 16.7 Å². The molecule has 1 aliphatic rings. The van der Waals surface area contributed by atoms with Gasteiger partial charge in [-0.15, -0.1) is 0 Å². The van der Waals surface area contributed by atoms with Crippen LogP contribution in [0.5, 0.6) is 5.75 Å². The number of nitriles is 1. The van der Waals surface area contributed by atoms with Gasteiger partial charge in [0.05, 0.1) is 47.6 Å². The molecule has 2 N–H and O–H groups in total. The Kier molecular flexibility index (Phi) is 8.33. The molecule has 0 radical (unpaired) electrons. The van der Waals surface area contributed by atoms with Gasteiger partial charge in [0.25, 0.3) is 0 Å². The summed E-state index contributed by atoms with van der Waals surface area (Å²) in [5, 5.41) is 16.3. The third kappa shape index (κ3) is 5.77. The Morgan fingerprint density at radius 2 is 1.85 bits per heavy atom. The van der Waals surface area contributed by atoms with Crippen LogP contribution in [0.15, 0.2) is 70.4 Å². The molecule has 1 amide bonds. The van der Waals surface area contributed by atoms with Crippen LogP contribution < -0.4 is 15.4 Å². The predicted octanol–water partition coefficient (Wildman–Crippen LogP) is 4.47. The molecule has 34 heavy (non-hydrogen) atoms. The summed E-state index contributed by atoms with van der Waals surface area (Å²) in [6.07, 6.45) is 0. The van der Waals surface area contributed by atoms with Gasteiger partial charge in [-0.2, -0.15) is 5.26 Å². The number of halogens is 1. The van der Waals surface area contributed by atoms with Crippen molar-refractivity contribution < 1.29 is 23.5 Å². The molecule has 0 bridgehead atoms. The van der Waals surface area contributed by atoms with Crippen molar-refractivity contribution in [3.8, 4) is 11.8 Å². The van der Waals surface area contributed by atoms with Gasteiger partial charge in [0.15, 0.2) is 0 Å². The number of rotatable bonds is 8. The normalized spacial score (nSPS) is 15.3. The maximum absolute atomic E-state index is 13.1. The molecule has 1 heterocycles. The van der Waals surface area contributed by atoms with Gasteiger partial charge in [-0.25, -0.2) is 9.18 Å². The Morgan fingerprint density at radius 3 is 2.44 bits per heavy atom. The van der Waals surface area contributed by atoms with E-state index in [-0.39, 0.29) is 11.7 Å². The quantitative estimate of drug-likeness (QED) is 0.537. The van der Waals surface area contributed by atoms with Crippen molar-refractivity contribution >= 4 is 29.3 Å². The summed E-state index contributed by atoms with van der Waals surface area (Å²) in [4.78, 5) is 25.0. The molecule has 1 aliphatic heterocycles. The highest BCUT2D eigenvalue weighted by molar-refractivity contribution is 8.03. The van der Waals surface area contributed by atoms with E-state index in [1.807, 2.05) is 6.92 Å². The van der Waals surface area contributed by atoms with E-state index < -0.39 is 17.7 Å². The fraction of sp³-hybridized carbons (Fsp3) is 0.240. The van der Waals surface area contributed by atoms with Crippen LogP contribution in [0, 0.1) is 17.1 Å². The SMILES string of the molecule is CCOc1ccc([C@H]2C(C#N)=C(SCC(=O)Nc3ccc(F)cc3)NC(C)=C2C(=O)OC)cc1. The largest absolute Gasteiger partial charge is 0.494 e. The molecule has 7 nitrogen and oxygen atoms in total. The highest BCUT2D eigenvalue weighted by Gasteiger charge is 2.35. The van der Waals surface area contributed by atoms with Gasteiger partial charge in [-0.05, 0) is 55.8 Å². The Hall–Kier alpha value is -3.77. The molecule has 0 saturated carbocycles. The molecule has 0 aromatic heterocycles. The second kappa shape index (κ2) is 11.4. The third-order valence-corrected chi connectivity index (χ3v) is 6.07. The number of carbonyl (C=O) groups is 2. The van der Waals surface area contributed by atoms with Gasteiger partial charge >= 0.3 is 5.97 Å². The third-order valence-electron chi connectivity index (χ3n) is 5.05. The topological polar surface area (TPSA) is 100 Å². The monoisotopic (exact) mass is 481 g/mol. The number of amides is 1. The van der Waals surface area contributed by atoms with Gasteiger partial charge < -0.3 is 20.1 Å². The first-order valence-electron chi connectivity index (χ1n) is 10.5. The first-order chi connectivity index (χ1) is 16.4. The summed E-state index contributed by atoms with van der Waals surface area (Å²) in [6.45, 7) is 4.12. The molecule has 0 unspecified atom stereocenters. The van der Waals surface area contributed by atoms with Crippen LogP contribution in [-0.2, 0) is 14.3 Å². The molecule has 176 valence electrons. The van der Waals surface area contributed by atoms with Crippen LogP contribution in [0.2, 0.25) is 0 Å². The van der Waals surface area contributed by atoms with Crippen LogP contribution in [0.3, 0.4) is 0 Å². The van der Waals surface area contributed by atoms with Gasteiger partial charge in [0.2, 0.25) is 5.91 Å². The van der Waals surface area contributed by atoms with Gasteiger partial charge in [-0.3, -0.25) is 4.79 Å². The number of thioether (sulfide) groups is 1. The Bertz CT molecular complexity index is 1170. The standard InChI is InChI=1S/C25H24FN3O4S/c1-4-33-19-11-5-16(6-12-19)23-20(13-27)24(28-15(2)22(23)25(31)32-3)34-14-21(30)29-18-9-7-17(26)8-10-18/h5-12,23,28H,4,14H2,1-3H3,(H,29,30)/t23-/m0/s1. The van der Waals surface area contributed by atoms with Crippen molar-refractivity contribution in [2.45, 2.75) is 19.8 Å². The van der Waals surface area contributed by atoms with Crippen molar-refractivity contribution in [3.05, 3.63) is 81.8 Å². The average Bonchev–Trinajstić information content (AvgIpc) is 2.84. The molecule has 1 atom stereocenters. The maximum atomic E-state index is 13.1. The molecule has 2 aromatic rings. The van der Waals surface area contributed by atoms with E-state index in [1.165, 1.54) is 31.4 Å². The number of carbonyl (C=O) groups excluding carboxylic acids is 2. The molecule has 0 spiro atoms. The lowest BCUT2D eigenvalue weighted by Crippen LogP contribution is -2.29. The number of anilines is 1. The zero-order valence-electron chi connectivity index (χ0n) is 19.0. The average molecular weight is 482 g/mol. The highest BCUT2D eigenvalue weighted by atomic mass is 32.2. The molecule has 0 fully saturated rings. The van der Waals surface area contributed by atoms with Crippen molar-refractivity contribution in [2.75, 3.05) is 24.8 Å². The predicted molar refractivity (Wildman–Crippen MR) is 128 cm³/mol.